The third-order valence-corrected chi connectivity index (χ3v) is 4.51. The van der Waals surface area contributed by atoms with E-state index in [4.69, 9.17) is 14.2 Å². The third-order valence-electron chi connectivity index (χ3n) is 3.84. The molecule has 1 aromatic rings. The SMILES string of the molecule is COC(=O)C1(c2cccc(I)c2)CC(OC)(OC)C1. The lowest BCUT2D eigenvalue weighted by Gasteiger charge is -2.52. The maximum atomic E-state index is 12.2. The van der Waals surface area contributed by atoms with Crippen molar-refractivity contribution >= 4 is 28.6 Å². The topological polar surface area (TPSA) is 44.8 Å². The van der Waals surface area contributed by atoms with E-state index in [1.54, 1.807) is 14.2 Å². The van der Waals surface area contributed by atoms with Crippen LogP contribution in [0.4, 0.5) is 0 Å². The van der Waals surface area contributed by atoms with Crippen LogP contribution in [0.15, 0.2) is 24.3 Å². The molecular weight excluding hydrogens is 359 g/mol. The molecule has 1 fully saturated rings. The summed E-state index contributed by atoms with van der Waals surface area (Å²) < 4.78 is 16.9. The second kappa shape index (κ2) is 5.38. The van der Waals surface area contributed by atoms with Gasteiger partial charge in [0, 0.05) is 30.6 Å². The molecule has 2 rings (SSSR count). The largest absolute Gasteiger partial charge is 0.468 e. The zero-order valence-corrected chi connectivity index (χ0v) is 13.4. The third kappa shape index (κ3) is 2.39. The van der Waals surface area contributed by atoms with E-state index < -0.39 is 11.2 Å². The molecule has 19 heavy (non-hydrogen) atoms. The first-order valence-corrected chi connectivity index (χ1v) is 7.04. The van der Waals surface area contributed by atoms with Crippen molar-refractivity contribution in [3.63, 3.8) is 0 Å². The molecule has 1 aromatic carbocycles. The molecule has 0 saturated heterocycles. The van der Waals surface area contributed by atoms with Crippen LogP contribution in [0.2, 0.25) is 0 Å². The second-order valence-electron chi connectivity index (χ2n) is 4.76. The molecule has 0 atom stereocenters. The summed E-state index contributed by atoms with van der Waals surface area (Å²) in [7, 11) is 4.61. The minimum Gasteiger partial charge on any atom is -0.468 e. The van der Waals surface area contributed by atoms with E-state index in [2.05, 4.69) is 22.6 Å². The van der Waals surface area contributed by atoms with E-state index in [-0.39, 0.29) is 5.97 Å². The second-order valence-corrected chi connectivity index (χ2v) is 6.00. The van der Waals surface area contributed by atoms with Crippen LogP contribution in [0.5, 0.6) is 0 Å². The number of benzene rings is 1. The smallest absolute Gasteiger partial charge is 0.316 e. The molecule has 0 bridgehead atoms. The standard InChI is InChI=1S/C14H17IO4/c1-17-12(16)13(8-14(9-13,18-2)19-3)10-5-4-6-11(15)7-10/h4-7H,8-9H2,1-3H3. The predicted octanol–water partition coefficient (Wildman–Crippen LogP) is 2.48. The van der Waals surface area contributed by atoms with Gasteiger partial charge in [0.25, 0.3) is 0 Å². The van der Waals surface area contributed by atoms with E-state index in [0.717, 1.165) is 9.13 Å². The number of esters is 1. The molecule has 0 aliphatic heterocycles. The molecular formula is C14H17IO4. The monoisotopic (exact) mass is 376 g/mol. The summed E-state index contributed by atoms with van der Waals surface area (Å²) in [6.45, 7) is 0. The number of halogens is 1. The van der Waals surface area contributed by atoms with Crippen LogP contribution in [-0.2, 0) is 24.4 Å². The van der Waals surface area contributed by atoms with E-state index in [0.29, 0.717) is 12.8 Å². The lowest BCUT2D eigenvalue weighted by molar-refractivity contribution is -0.278. The Morgan fingerprint density at radius 1 is 1.21 bits per heavy atom. The van der Waals surface area contributed by atoms with Gasteiger partial charge in [0.2, 0.25) is 0 Å². The molecule has 0 N–H and O–H groups in total. The molecule has 104 valence electrons. The molecule has 1 aliphatic rings. The minimum atomic E-state index is -0.685. The van der Waals surface area contributed by atoms with E-state index in [1.165, 1.54) is 7.11 Å². The van der Waals surface area contributed by atoms with Crippen molar-refractivity contribution in [1.29, 1.82) is 0 Å². The Balaban J connectivity index is 2.37. The number of hydrogen-bond acceptors (Lipinski definition) is 4. The Morgan fingerprint density at radius 2 is 1.84 bits per heavy atom. The fourth-order valence-electron chi connectivity index (χ4n) is 2.69. The van der Waals surface area contributed by atoms with Crippen molar-refractivity contribution in [2.75, 3.05) is 21.3 Å². The summed E-state index contributed by atoms with van der Waals surface area (Å²) in [5, 5.41) is 0. The highest BCUT2D eigenvalue weighted by Crippen LogP contribution is 2.53. The number of methoxy groups -OCH3 is 3. The van der Waals surface area contributed by atoms with Gasteiger partial charge in [-0.15, -0.1) is 0 Å². The van der Waals surface area contributed by atoms with Crippen molar-refractivity contribution in [2.24, 2.45) is 0 Å². The molecule has 5 heteroatoms. The lowest BCUT2D eigenvalue weighted by Crippen LogP contribution is -2.60. The quantitative estimate of drug-likeness (QED) is 0.460. The molecule has 0 spiro atoms. The van der Waals surface area contributed by atoms with Crippen molar-refractivity contribution in [1.82, 2.24) is 0 Å². The van der Waals surface area contributed by atoms with Gasteiger partial charge < -0.3 is 14.2 Å². The zero-order chi connectivity index (χ0) is 14.1. The summed E-state index contributed by atoms with van der Waals surface area (Å²) in [4.78, 5) is 12.2. The summed E-state index contributed by atoms with van der Waals surface area (Å²) in [5.41, 5.74) is 0.290. The lowest BCUT2D eigenvalue weighted by atomic mass is 9.60. The van der Waals surface area contributed by atoms with E-state index >= 15 is 0 Å². The summed E-state index contributed by atoms with van der Waals surface area (Å²) in [6, 6.07) is 7.90. The van der Waals surface area contributed by atoms with Gasteiger partial charge in [-0.3, -0.25) is 4.79 Å². The van der Waals surface area contributed by atoms with Gasteiger partial charge in [0.1, 0.15) is 5.41 Å². The van der Waals surface area contributed by atoms with Gasteiger partial charge >= 0.3 is 5.97 Å². The van der Waals surface area contributed by atoms with Crippen LogP contribution in [0.3, 0.4) is 0 Å². The molecule has 4 nitrogen and oxygen atoms in total. The predicted molar refractivity (Wildman–Crippen MR) is 78.8 cm³/mol. The van der Waals surface area contributed by atoms with Gasteiger partial charge in [-0.05, 0) is 40.3 Å². The fourth-order valence-corrected chi connectivity index (χ4v) is 3.23. The molecule has 0 aromatic heterocycles. The highest BCUT2D eigenvalue weighted by molar-refractivity contribution is 14.1. The van der Waals surface area contributed by atoms with E-state index in [1.807, 2.05) is 24.3 Å². The van der Waals surface area contributed by atoms with Gasteiger partial charge in [-0.1, -0.05) is 12.1 Å². The molecule has 0 radical (unpaired) electrons. The zero-order valence-electron chi connectivity index (χ0n) is 11.2. The summed E-state index contributed by atoms with van der Waals surface area (Å²) >= 11 is 2.23. The first kappa shape index (κ1) is 14.7. The Labute approximate surface area is 126 Å². The Hall–Kier alpha value is -0.660. The number of hydrogen-bond donors (Lipinski definition) is 0. The van der Waals surface area contributed by atoms with Crippen molar-refractivity contribution < 1.29 is 19.0 Å². The van der Waals surface area contributed by atoms with Gasteiger partial charge in [0.15, 0.2) is 5.79 Å². The maximum absolute atomic E-state index is 12.2. The Kier molecular flexibility index (Phi) is 4.17. The first-order valence-electron chi connectivity index (χ1n) is 5.97. The van der Waals surface area contributed by atoms with Gasteiger partial charge in [0.05, 0.1) is 7.11 Å². The van der Waals surface area contributed by atoms with Crippen LogP contribution in [-0.4, -0.2) is 33.1 Å². The Bertz CT molecular complexity index is 474. The normalized spacial score (nSPS) is 19.6. The minimum absolute atomic E-state index is 0.237. The van der Waals surface area contributed by atoms with Crippen LogP contribution in [0, 0.1) is 3.57 Å². The Morgan fingerprint density at radius 3 is 2.32 bits per heavy atom. The molecule has 0 heterocycles. The highest BCUT2D eigenvalue weighted by atomic mass is 127. The first-order chi connectivity index (χ1) is 9.02. The van der Waals surface area contributed by atoms with Crippen LogP contribution in [0.25, 0.3) is 0 Å². The summed E-state index contributed by atoms with van der Waals surface area (Å²) in [5.74, 6) is -0.922. The van der Waals surface area contributed by atoms with Crippen molar-refractivity contribution in [3.05, 3.63) is 33.4 Å². The van der Waals surface area contributed by atoms with Crippen LogP contribution in [0.1, 0.15) is 18.4 Å². The van der Waals surface area contributed by atoms with Crippen molar-refractivity contribution in [3.8, 4) is 0 Å². The molecule has 1 saturated carbocycles. The number of rotatable bonds is 4. The van der Waals surface area contributed by atoms with E-state index in [9.17, 15) is 4.79 Å². The van der Waals surface area contributed by atoms with Crippen LogP contribution >= 0.6 is 22.6 Å². The van der Waals surface area contributed by atoms with Crippen LogP contribution < -0.4 is 0 Å². The average molecular weight is 376 g/mol. The maximum Gasteiger partial charge on any atom is 0.316 e. The molecule has 0 amide bonds. The van der Waals surface area contributed by atoms with Gasteiger partial charge in [-0.25, -0.2) is 0 Å². The molecule has 1 aliphatic carbocycles. The summed E-state index contributed by atoms with van der Waals surface area (Å²) in [6.07, 6.45) is 0.944. The number of ether oxygens (including phenoxy) is 3. The fraction of sp³-hybridized carbons (Fsp3) is 0.500. The average Bonchev–Trinajstić information content (AvgIpc) is 2.39. The van der Waals surface area contributed by atoms with Crippen molar-refractivity contribution in [2.45, 2.75) is 24.0 Å². The molecule has 0 unspecified atom stereocenters. The number of carbonyl (C=O) groups excluding carboxylic acids is 1. The van der Waals surface area contributed by atoms with Gasteiger partial charge in [-0.2, -0.15) is 0 Å². The highest BCUT2D eigenvalue weighted by Gasteiger charge is 2.62. The number of carbonyl (C=O) groups is 1.